The van der Waals surface area contributed by atoms with Crippen LogP contribution >= 0.6 is 0 Å². The molecule has 6 nitrogen and oxygen atoms in total. The normalized spacial score (nSPS) is 17.9. The molecule has 0 bridgehead atoms. The summed E-state index contributed by atoms with van der Waals surface area (Å²) in [4.78, 5) is 37.5. The summed E-state index contributed by atoms with van der Waals surface area (Å²) in [5.74, 6) is -0.167. The molecule has 0 radical (unpaired) electrons. The molecular weight excluding hydrogens is 320 g/mol. The lowest BCUT2D eigenvalue weighted by Gasteiger charge is -2.34. The standard InChI is InChI=1S/C19H32N2O4/c1-6-25-19(24)14(4)11-16(13(2)3)21(5)18(23)17(20-12-22)15-9-7-8-10-15/h11-13,15-17H,6-10H2,1-5H3,(H,20,22)/t16-,17-/m1/s1. The summed E-state index contributed by atoms with van der Waals surface area (Å²) in [6, 6.07) is -0.739. The van der Waals surface area contributed by atoms with Gasteiger partial charge in [-0.3, -0.25) is 9.59 Å². The smallest absolute Gasteiger partial charge is 0.333 e. The third-order valence-electron chi connectivity index (χ3n) is 4.88. The monoisotopic (exact) mass is 352 g/mol. The van der Waals surface area contributed by atoms with Crippen LogP contribution in [0.5, 0.6) is 0 Å². The van der Waals surface area contributed by atoms with Crippen molar-refractivity contribution in [3.8, 4) is 0 Å². The fraction of sp³-hybridized carbons (Fsp3) is 0.737. The molecule has 1 N–H and O–H groups in total. The van der Waals surface area contributed by atoms with E-state index in [4.69, 9.17) is 4.74 Å². The number of ether oxygens (including phenoxy) is 1. The Morgan fingerprint density at radius 1 is 1.28 bits per heavy atom. The Hall–Kier alpha value is -1.85. The van der Waals surface area contributed by atoms with Crippen molar-refractivity contribution in [2.75, 3.05) is 13.7 Å². The number of amides is 2. The molecule has 0 spiro atoms. The van der Waals surface area contributed by atoms with Crippen LogP contribution in [0.3, 0.4) is 0 Å². The lowest BCUT2D eigenvalue weighted by Crippen LogP contribution is -2.52. The van der Waals surface area contributed by atoms with E-state index < -0.39 is 6.04 Å². The number of rotatable bonds is 9. The van der Waals surface area contributed by atoms with Crippen LogP contribution in [0.15, 0.2) is 11.6 Å². The predicted octanol–water partition coefficient (Wildman–Crippen LogP) is 2.28. The van der Waals surface area contributed by atoms with Gasteiger partial charge in [0, 0.05) is 12.6 Å². The van der Waals surface area contributed by atoms with E-state index in [2.05, 4.69) is 5.32 Å². The maximum Gasteiger partial charge on any atom is 0.333 e. The molecule has 2 amide bonds. The summed E-state index contributed by atoms with van der Waals surface area (Å²) in [6.07, 6.45) is 6.48. The van der Waals surface area contributed by atoms with E-state index in [0.717, 1.165) is 25.7 Å². The molecule has 0 heterocycles. The van der Waals surface area contributed by atoms with Crippen molar-refractivity contribution in [1.29, 1.82) is 0 Å². The second-order valence-electron chi connectivity index (χ2n) is 7.06. The third-order valence-corrected chi connectivity index (χ3v) is 4.88. The predicted molar refractivity (Wildman–Crippen MR) is 96.7 cm³/mol. The van der Waals surface area contributed by atoms with Crippen LogP contribution in [0.1, 0.15) is 53.4 Å². The maximum absolute atomic E-state index is 13.0. The molecule has 0 aromatic rings. The van der Waals surface area contributed by atoms with Gasteiger partial charge in [-0.1, -0.05) is 32.8 Å². The fourth-order valence-electron chi connectivity index (χ4n) is 3.46. The molecule has 6 heteroatoms. The molecule has 1 fully saturated rings. The first kappa shape index (κ1) is 21.2. The minimum atomic E-state index is -0.498. The highest BCUT2D eigenvalue weighted by molar-refractivity contribution is 5.88. The molecule has 142 valence electrons. The summed E-state index contributed by atoms with van der Waals surface area (Å²) in [6.45, 7) is 7.78. The van der Waals surface area contributed by atoms with Gasteiger partial charge in [0.25, 0.3) is 0 Å². The van der Waals surface area contributed by atoms with Crippen LogP contribution < -0.4 is 5.32 Å². The quantitative estimate of drug-likeness (QED) is 0.392. The molecule has 0 aliphatic heterocycles. The Balaban J connectivity index is 2.97. The third kappa shape index (κ3) is 5.87. The highest BCUT2D eigenvalue weighted by Crippen LogP contribution is 2.29. The Morgan fingerprint density at radius 2 is 1.88 bits per heavy atom. The first-order valence-corrected chi connectivity index (χ1v) is 9.15. The first-order valence-electron chi connectivity index (χ1n) is 9.15. The van der Waals surface area contributed by atoms with Crippen molar-refractivity contribution < 1.29 is 19.1 Å². The highest BCUT2D eigenvalue weighted by Gasteiger charge is 2.34. The van der Waals surface area contributed by atoms with Crippen molar-refractivity contribution in [3.63, 3.8) is 0 Å². The molecule has 0 unspecified atom stereocenters. The van der Waals surface area contributed by atoms with Crippen molar-refractivity contribution in [3.05, 3.63) is 11.6 Å². The zero-order chi connectivity index (χ0) is 19.0. The number of hydrogen-bond donors (Lipinski definition) is 1. The van der Waals surface area contributed by atoms with E-state index in [9.17, 15) is 14.4 Å². The lowest BCUT2D eigenvalue weighted by molar-refractivity contribution is -0.139. The summed E-state index contributed by atoms with van der Waals surface area (Å²) in [5.41, 5.74) is 0.487. The average molecular weight is 352 g/mol. The van der Waals surface area contributed by atoms with Crippen LogP contribution in [0, 0.1) is 11.8 Å². The summed E-state index contributed by atoms with van der Waals surface area (Å²) in [5, 5.41) is 2.71. The van der Waals surface area contributed by atoms with Gasteiger partial charge in [0.05, 0.1) is 12.6 Å². The van der Waals surface area contributed by atoms with Gasteiger partial charge in [0.1, 0.15) is 6.04 Å². The van der Waals surface area contributed by atoms with E-state index in [0.29, 0.717) is 18.6 Å². The van der Waals surface area contributed by atoms with Crippen LogP contribution in [0.25, 0.3) is 0 Å². The van der Waals surface area contributed by atoms with Gasteiger partial charge in [-0.25, -0.2) is 4.79 Å². The SMILES string of the molecule is CCOC(=O)C(C)=C[C@H](C(C)C)N(C)C(=O)[C@H](NC=O)C1CCCC1. The second kappa shape index (κ2) is 10.2. The van der Waals surface area contributed by atoms with E-state index in [1.165, 1.54) is 0 Å². The molecule has 0 aromatic carbocycles. The Morgan fingerprint density at radius 3 is 2.36 bits per heavy atom. The average Bonchev–Trinajstić information content (AvgIpc) is 3.10. The zero-order valence-corrected chi connectivity index (χ0v) is 16.1. The Kier molecular flexibility index (Phi) is 8.66. The lowest BCUT2D eigenvalue weighted by atomic mass is 9.94. The van der Waals surface area contributed by atoms with Crippen molar-refractivity contribution in [1.82, 2.24) is 10.2 Å². The topological polar surface area (TPSA) is 75.7 Å². The van der Waals surface area contributed by atoms with Gasteiger partial charge < -0.3 is 15.0 Å². The number of carbonyl (C=O) groups excluding carboxylic acids is 3. The van der Waals surface area contributed by atoms with E-state index in [1.807, 2.05) is 13.8 Å². The maximum atomic E-state index is 13.0. The minimum Gasteiger partial charge on any atom is -0.463 e. The van der Waals surface area contributed by atoms with Crippen molar-refractivity contribution in [2.24, 2.45) is 11.8 Å². The van der Waals surface area contributed by atoms with Gasteiger partial charge in [-0.2, -0.15) is 0 Å². The second-order valence-corrected chi connectivity index (χ2v) is 7.06. The molecule has 25 heavy (non-hydrogen) atoms. The van der Waals surface area contributed by atoms with Gasteiger partial charge in [-0.15, -0.1) is 0 Å². The zero-order valence-electron chi connectivity index (χ0n) is 16.1. The fourth-order valence-corrected chi connectivity index (χ4v) is 3.46. The molecule has 1 aliphatic carbocycles. The number of carbonyl (C=O) groups is 3. The largest absolute Gasteiger partial charge is 0.463 e. The van der Waals surface area contributed by atoms with Crippen LogP contribution in [-0.2, 0) is 19.1 Å². The highest BCUT2D eigenvalue weighted by atomic mass is 16.5. The van der Waals surface area contributed by atoms with E-state index in [-0.39, 0.29) is 29.8 Å². The molecular formula is C19H32N2O4. The van der Waals surface area contributed by atoms with Gasteiger partial charge in [0.2, 0.25) is 12.3 Å². The minimum absolute atomic E-state index is 0.106. The molecule has 0 aromatic heterocycles. The van der Waals surface area contributed by atoms with Gasteiger partial charge in [-0.05, 0) is 38.5 Å². The van der Waals surface area contributed by atoms with E-state index >= 15 is 0 Å². The van der Waals surface area contributed by atoms with Crippen LogP contribution in [0.4, 0.5) is 0 Å². The number of likely N-dealkylation sites (N-methyl/N-ethyl adjacent to an activating group) is 1. The molecule has 1 saturated carbocycles. The molecule has 1 aliphatic rings. The molecule has 1 rings (SSSR count). The Labute approximate surface area is 151 Å². The summed E-state index contributed by atoms with van der Waals surface area (Å²) in [7, 11) is 1.73. The number of hydrogen-bond acceptors (Lipinski definition) is 4. The van der Waals surface area contributed by atoms with Crippen molar-refractivity contribution in [2.45, 2.75) is 65.5 Å². The molecule has 0 saturated heterocycles. The number of nitrogens with zero attached hydrogens (tertiary/aromatic N) is 1. The summed E-state index contributed by atoms with van der Waals surface area (Å²) >= 11 is 0. The van der Waals surface area contributed by atoms with Crippen LogP contribution in [0.2, 0.25) is 0 Å². The van der Waals surface area contributed by atoms with E-state index in [1.54, 1.807) is 31.9 Å². The Bertz CT molecular complexity index is 496. The van der Waals surface area contributed by atoms with Crippen LogP contribution in [-0.4, -0.2) is 48.9 Å². The van der Waals surface area contributed by atoms with Gasteiger partial charge >= 0.3 is 5.97 Å². The number of esters is 1. The number of nitrogens with one attached hydrogen (secondary N) is 1. The van der Waals surface area contributed by atoms with Gasteiger partial charge in [0.15, 0.2) is 0 Å². The summed E-state index contributed by atoms with van der Waals surface area (Å²) < 4.78 is 5.02. The molecule has 2 atom stereocenters. The van der Waals surface area contributed by atoms with Crippen molar-refractivity contribution >= 4 is 18.3 Å². The first-order chi connectivity index (χ1) is 11.8.